The third-order valence-electron chi connectivity index (χ3n) is 3.68. The predicted octanol–water partition coefficient (Wildman–Crippen LogP) is 2.24. The molecule has 6 heteroatoms. The van der Waals surface area contributed by atoms with Gasteiger partial charge in [0.25, 0.3) is 0 Å². The molecule has 2 atom stereocenters. The molecule has 25 heavy (non-hydrogen) atoms. The first-order valence-electron chi connectivity index (χ1n) is 8.15. The number of carbonyl (C=O) groups is 2. The van der Waals surface area contributed by atoms with Crippen molar-refractivity contribution < 1.29 is 19.8 Å². The average Bonchev–Trinajstić information content (AvgIpc) is 2.55. The number of carboxylic acids is 2. The first kappa shape index (κ1) is 20.6. The maximum Gasteiger partial charge on any atom is 0.320 e. The van der Waals surface area contributed by atoms with Crippen molar-refractivity contribution in [2.75, 3.05) is 0 Å². The second-order valence-corrected chi connectivity index (χ2v) is 6.36. The van der Waals surface area contributed by atoms with Crippen LogP contribution in [0.25, 0.3) is 10.8 Å². The molecule has 0 aliphatic rings. The Hall–Kier alpha value is -2.44. The second kappa shape index (κ2) is 9.76. The number of hydrogen-bond donors (Lipinski definition) is 4. The predicted molar refractivity (Wildman–Crippen MR) is 98.3 cm³/mol. The highest BCUT2D eigenvalue weighted by Gasteiger charge is 2.13. The van der Waals surface area contributed by atoms with E-state index in [-0.39, 0.29) is 0 Å². The van der Waals surface area contributed by atoms with Crippen molar-refractivity contribution >= 4 is 22.7 Å². The molecule has 0 saturated heterocycles. The molecule has 0 unspecified atom stereocenters. The van der Waals surface area contributed by atoms with Gasteiger partial charge in [0, 0.05) is 0 Å². The number of rotatable bonds is 6. The topological polar surface area (TPSA) is 127 Å². The first-order valence-corrected chi connectivity index (χ1v) is 8.15. The third-order valence-corrected chi connectivity index (χ3v) is 3.68. The molecule has 2 rings (SSSR count). The molecule has 2 aromatic rings. The normalized spacial score (nSPS) is 13.0. The number of benzene rings is 2. The molecular weight excluding hydrogens is 320 g/mol. The Bertz CT molecular complexity index is 710. The summed E-state index contributed by atoms with van der Waals surface area (Å²) in [4.78, 5) is 20.8. The molecule has 0 aliphatic carbocycles. The zero-order valence-corrected chi connectivity index (χ0v) is 14.6. The van der Waals surface area contributed by atoms with Gasteiger partial charge in [0.1, 0.15) is 12.1 Å². The van der Waals surface area contributed by atoms with Crippen LogP contribution in [0.4, 0.5) is 0 Å². The Morgan fingerprint density at radius 3 is 2.00 bits per heavy atom. The molecule has 2 aromatic carbocycles. The standard InChI is InChI=1S/C13H13NO2.C6H13NO2/c14-12(13(15)16)8-10-6-3-5-9-4-1-2-7-11(9)10;1-4(2)3-5(7)6(8)9/h1-7,12H,8,14H2,(H,15,16);4-5H,3,7H2,1-2H3,(H,8,9)/t12-;5-/m00/s1. The van der Waals surface area contributed by atoms with Crippen LogP contribution in [-0.2, 0) is 16.0 Å². The van der Waals surface area contributed by atoms with Crippen molar-refractivity contribution in [1.82, 2.24) is 0 Å². The van der Waals surface area contributed by atoms with Gasteiger partial charge in [-0.1, -0.05) is 56.3 Å². The highest BCUT2D eigenvalue weighted by atomic mass is 16.4. The van der Waals surface area contributed by atoms with Gasteiger partial charge in [-0.05, 0) is 35.1 Å². The Kier molecular flexibility index (Phi) is 8.04. The zero-order valence-electron chi connectivity index (χ0n) is 14.6. The van der Waals surface area contributed by atoms with E-state index in [1.54, 1.807) is 0 Å². The fraction of sp³-hybridized carbons (Fsp3) is 0.368. The molecule has 0 aliphatic heterocycles. The fourth-order valence-corrected chi connectivity index (χ4v) is 2.40. The molecule has 0 saturated carbocycles. The Morgan fingerprint density at radius 2 is 1.48 bits per heavy atom. The van der Waals surface area contributed by atoms with Gasteiger partial charge >= 0.3 is 11.9 Å². The Balaban J connectivity index is 0.000000299. The van der Waals surface area contributed by atoms with Gasteiger partial charge < -0.3 is 21.7 Å². The van der Waals surface area contributed by atoms with E-state index in [1.165, 1.54) is 0 Å². The van der Waals surface area contributed by atoms with Crippen molar-refractivity contribution in [1.29, 1.82) is 0 Å². The van der Waals surface area contributed by atoms with E-state index in [0.29, 0.717) is 18.8 Å². The zero-order chi connectivity index (χ0) is 19.0. The van der Waals surface area contributed by atoms with Crippen LogP contribution >= 0.6 is 0 Å². The fourth-order valence-electron chi connectivity index (χ4n) is 2.40. The van der Waals surface area contributed by atoms with E-state index >= 15 is 0 Å². The minimum absolute atomic E-state index is 0.357. The van der Waals surface area contributed by atoms with Gasteiger partial charge in [-0.25, -0.2) is 0 Å². The monoisotopic (exact) mass is 346 g/mol. The molecule has 0 heterocycles. The maximum absolute atomic E-state index is 10.7. The minimum Gasteiger partial charge on any atom is -0.480 e. The number of nitrogens with two attached hydrogens (primary N) is 2. The molecule has 6 nitrogen and oxygen atoms in total. The average molecular weight is 346 g/mol. The number of carboxylic acid groups (broad SMARTS) is 2. The summed E-state index contributed by atoms with van der Waals surface area (Å²) in [5, 5.41) is 19.3. The minimum atomic E-state index is -0.965. The molecular formula is C19H26N2O4. The van der Waals surface area contributed by atoms with Crippen molar-refractivity contribution in [3.05, 3.63) is 48.0 Å². The highest BCUT2D eigenvalue weighted by molar-refractivity contribution is 5.86. The van der Waals surface area contributed by atoms with Crippen LogP contribution in [0.1, 0.15) is 25.8 Å². The quantitative estimate of drug-likeness (QED) is 0.635. The summed E-state index contributed by atoms with van der Waals surface area (Å²) in [6.07, 6.45) is 0.909. The van der Waals surface area contributed by atoms with Crippen molar-refractivity contribution in [2.24, 2.45) is 17.4 Å². The lowest BCUT2D eigenvalue weighted by molar-refractivity contribution is -0.139. The first-order chi connectivity index (χ1) is 11.7. The Morgan fingerprint density at radius 1 is 0.920 bits per heavy atom. The molecule has 0 bridgehead atoms. The number of aliphatic carboxylic acids is 2. The lowest BCUT2D eigenvalue weighted by atomic mass is 9.99. The molecule has 0 fully saturated rings. The SMILES string of the molecule is CC(C)C[C@H](N)C(=O)O.N[C@@H](Cc1cccc2ccccc12)C(=O)O. The lowest BCUT2D eigenvalue weighted by Crippen LogP contribution is -2.32. The molecule has 136 valence electrons. The molecule has 0 amide bonds. The van der Waals surface area contributed by atoms with E-state index in [1.807, 2.05) is 56.3 Å². The molecule has 0 radical (unpaired) electrons. The number of fused-ring (bicyclic) bond motifs is 1. The largest absolute Gasteiger partial charge is 0.480 e. The van der Waals surface area contributed by atoms with E-state index in [4.69, 9.17) is 21.7 Å². The molecule has 0 aromatic heterocycles. The molecule has 6 N–H and O–H groups in total. The summed E-state index contributed by atoms with van der Waals surface area (Å²) < 4.78 is 0. The van der Waals surface area contributed by atoms with Gasteiger partial charge in [-0.3, -0.25) is 9.59 Å². The van der Waals surface area contributed by atoms with Gasteiger partial charge in [0.15, 0.2) is 0 Å². The van der Waals surface area contributed by atoms with Crippen LogP contribution < -0.4 is 11.5 Å². The van der Waals surface area contributed by atoms with Crippen LogP contribution in [0.2, 0.25) is 0 Å². The maximum atomic E-state index is 10.7. The summed E-state index contributed by atoms with van der Waals surface area (Å²) >= 11 is 0. The van der Waals surface area contributed by atoms with E-state index < -0.39 is 24.0 Å². The van der Waals surface area contributed by atoms with Gasteiger partial charge in [-0.15, -0.1) is 0 Å². The highest BCUT2D eigenvalue weighted by Crippen LogP contribution is 2.19. The second-order valence-electron chi connectivity index (χ2n) is 6.36. The lowest BCUT2D eigenvalue weighted by Gasteiger charge is -2.09. The van der Waals surface area contributed by atoms with E-state index in [9.17, 15) is 9.59 Å². The van der Waals surface area contributed by atoms with Crippen LogP contribution in [0.15, 0.2) is 42.5 Å². The summed E-state index contributed by atoms with van der Waals surface area (Å²) in [6, 6.07) is 12.2. The van der Waals surface area contributed by atoms with Crippen LogP contribution in [0.3, 0.4) is 0 Å². The summed E-state index contributed by atoms with van der Waals surface area (Å²) in [7, 11) is 0. The molecule has 0 spiro atoms. The van der Waals surface area contributed by atoms with Gasteiger partial charge in [0.2, 0.25) is 0 Å². The third kappa shape index (κ3) is 6.91. The van der Waals surface area contributed by atoms with Crippen LogP contribution in [-0.4, -0.2) is 34.2 Å². The van der Waals surface area contributed by atoms with Crippen LogP contribution in [0.5, 0.6) is 0 Å². The van der Waals surface area contributed by atoms with Gasteiger partial charge in [0.05, 0.1) is 0 Å². The van der Waals surface area contributed by atoms with Crippen molar-refractivity contribution in [3.8, 4) is 0 Å². The van der Waals surface area contributed by atoms with E-state index in [0.717, 1.165) is 16.3 Å². The smallest absolute Gasteiger partial charge is 0.320 e. The van der Waals surface area contributed by atoms with Crippen molar-refractivity contribution in [3.63, 3.8) is 0 Å². The van der Waals surface area contributed by atoms with Crippen molar-refractivity contribution in [2.45, 2.75) is 38.8 Å². The summed E-state index contributed by atoms with van der Waals surface area (Å²) in [5.41, 5.74) is 11.7. The van der Waals surface area contributed by atoms with E-state index in [2.05, 4.69) is 0 Å². The van der Waals surface area contributed by atoms with Gasteiger partial charge in [-0.2, -0.15) is 0 Å². The summed E-state index contributed by atoms with van der Waals surface area (Å²) in [5.74, 6) is -1.52. The van der Waals surface area contributed by atoms with Crippen LogP contribution in [0, 0.1) is 5.92 Å². The number of hydrogen-bond acceptors (Lipinski definition) is 4. The summed E-state index contributed by atoms with van der Waals surface area (Å²) in [6.45, 7) is 3.89. The Labute approximate surface area is 147 Å².